The van der Waals surface area contributed by atoms with E-state index in [0.29, 0.717) is 6.42 Å². The van der Waals surface area contributed by atoms with E-state index in [1.165, 1.54) is 13.8 Å². The first-order valence-electron chi connectivity index (χ1n) is 5.16. The minimum atomic E-state index is -4.60. The number of carboxylic acids is 1. The van der Waals surface area contributed by atoms with Gasteiger partial charge in [0.25, 0.3) is 0 Å². The SMILES string of the molecule is CCCC(N)(C(=O)O)C(C(C)C)C(F)(F)F. The molecule has 0 aliphatic heterocycles. The molecule has 16 heavy (non-hydrogen) atoms. The third kappa shape index (κ3) is 3.10. The van der Waals surface area contributed by atoms with E-state index in [-0.39, 0.29) is 6.42 Å². The number of nitrogens with two attached hydrogens (primary N) is 1. The molecule has 0 spiro atoms. The molecular weight excluding hydrogens is 223 g/mol. The van der Waals surface area contributed by atoms with Gasteiger partial charge in [0, 0.05) is 0 Å². The molecule has 6 heteroatoms. The van der Waals surface area contributed by atoms with Gasteiger partial charge in [-0.2, -0.15) is 13.2 Å². The van der Waals surface area contributed by atoms with Gasteiger partial charge in [-0.15, -0.1) is 0 Å². The van der Waals surface area contributed by atoms with Crippen molar-refractivity contribution in [2.45, 2.75) is 45.3 Å². The lowest BCUT2D eigenvalue weighted by Gasteiger charge is -2.37. The molecule has 0 aliphatic rings. The van der Waals surface area contributed by atoms with Crippen molar-refractivity contribution in [3.8, 4) is 0 Å². The summed E-state index contributed by atoms with van der Waals surface area (Å²) in [6.45, 7) is 4.27. The van der Waals surface area contributed by atoms with Gasteiger partial charge in [-0.1, -0.05) is 27.2 Å². The molecule has 96 valence electrons. The van der Waals surface area contributed by atoms with Crippen LogP contribution < -0.4 is 5.73 Å². The largest absolute Gasteiger partial charge is 0.480 e. The number of carbonyl (C=O) groups is 1. The molecule has 2 atom stereocenters. The Kier molecular flexibility index (Phi) is 4.79. The Balaban J connectivity index is 5.36. The molecule has 0 saturated heterocycles. The molecule has 3 nitrogen and oxygen atoms in total. The van der Waals surface area contributed by atoms with Crippen molar-refractivity contribution in [2.75, 3.05) is 0 Å². The molecule has 0 heterocycles. The second kappa shape index (κ2) is 5.03. The number of carboxylic acid groups (broad SMARTS) is 1. The van der Waals surface area contributed by atoms with E-state index in [9.17, 15) is 18.0 Å². The molecule has 3 N–H and O–H groups in total. The predicted octanol–water partition coefficient (Wildman–Crippen LogP) is 2.40. The molecule has 0 saturated carbocycles. The molecule has 0 bridgehead atoms. The van der Waals surface area contributed by atoms with Crippen molar-refractivity contribution < 1.29 is 23.1 Å². The molecule has 0 aromatic carbocycles. The van der Waals surface area contributed by atoms with Crippen LogP contribution in [0.2, 0.25) is 0 Å². The molecular formula is C10H18F3NO2. The summed E-state index contributed by atoms with van der Waals surface area (Å²) in [5.41, 5.74) is 3.23. The van der Waals surface area contributed by atoms with Crippen LogP contribution in [0.5, 0.6) is 0 Å². The van der Waals surface area contributed by atoms with E-state index in [2.05, 4.69) is 0 Å². The number of hydrogen-bond donors (Lipinski definition) is 2. The summed E-state index contributed by atoms with van der Waals surface area (Å²) < 4.78 is 38.4. The number of rotatable bonds is 5. The van der Waals surface area contributed by atoms with Crippen LogP contribution >= 0.6 is 0 Å². The van der Waals surface area contributed by atoms with Crippen LogP contribution in [0, 0.1) is 11.8 Å². The highest BCUT2D eigenvalue weighted by molar-refractivity contribution is 5.79. The van der Waals surface area contributed by atoms with Gasteiger partial charge in [0.15, 0.2) is 0 Å². The monoisotopic (exact) mass is 241 g/mol. The van der Waals surface area contributed by atoms with E-state index in [0.717, 1.165) is 0 Å². The van der Waals surface area contributed by atoms with Gasteiger partial charge in [-0.05, 0) is 12.3 Å². The summed E-state index contributed by atoms with van der Waals surface area (Å²) in [6.07, 6.45) is -4.50. The smallest absolute Gasteiger partial charge is 0.394 e. The Hall–Kier alpha value is -0.780. The van der Waals surface area contributed by atoms with Crippen LogP contribution in [0.1, 0.15) is 33.6 Å². The van der Waals surface area contributed by atoms with Crippen LogP contribution in [0.4, 0.5) is 13.2 Å². The molecule has 0 aromatic rings. The van der Waals surface area contributed by atoms with Gasteiger partial charge < -0.3 is 10.8 Å². The standard InChI is InChI=1S/C10H18F3NO2/c1-4-5-9(14,8(15)16)7(6(2)3)10(11,12)13/h6-7H,4-5,14H2,1-3H3,(H,15,16). The molecule has 0 aliphatic carbocycles. The fourth-order valence-corrected chi connectivity index (χ4v) is 2.07. The zero-order valence-corrected chi connectivity index (χ0v) is 9.64. The van der Waals surface area contributed by atoms with E-state index in [1.807, 2.05) is 0 Å². The molecule has 0 aromatic heterocycles. The third-order valence-corrected chi connectivity index (χ3v) is 2.64. The summed E-state index contributed by atoms with van der Waals surface area (Å²) in [4.78, 5) is 11.0. The first-order valence-corrected chi connectivity index (χ1v) is 5.16. The third-order valence-electron chi connectivity index (χ3n) is 2.64. The lowest BCUT2D eigenvalue weighted by Crippen LogP contribution is -2.60. The number of alkyl halides is 3. The fraction of sp³-hybridized carbons (Fsp3) is 0.900. The van der Waals surface area contributed by atoms with Gasteiger partial charge in [0.05, 0.1) is 5.92 Å². The predicted molar refractivity (Wildman–Crippen MR) is 53.8 cm³/mol. The van der Waals surface area contributed by atoms with Gasteiger partial charge in [0.1, 0.15) is 5.54 Å². The Morgan fingerprint density at radius 1 is 1.38 bits per heavy atom. The summed E-state index contributed by atoms with van der Waals surface area (Å²) >= 11 is 0. The van der Waals surface area contributed by atoms with Crippen LogP contribution in [0.15, 0.2) is 0 Å². The van der Waals surface area contributed by atoms with E-state index < -0.39 is 29.5 Å². The zero-order valence-electron chi connectivity index (χ0n) is 9.64. The highest BCUT2D eigenvalue weighted by Gasteiger charge is 2.56. The summed E-state index contributed by atoms with van der Waals surface area (Å²) in [5, 5.41) is 8.92. The summed E-state index contributed by atoms with van der Waals surface area (Å²) in [6, 6.07) is 0. The average molecular weight is 241 g/mol. The highest BCUT2D eigenvalue weighted by atomic mass is 19.4. The molecule has 0 fully saturated rings. The van der Waals surface area contributed by atoms with E-state index in [1.54, 1.807) is 6.92 Å². The fourth-order valence-electron chi connectivity index (χ4n) is 2.07. The maximum absolute atomic E-state index is 12.8. The van der Waals surface area contributed by atoms with E-state index in [4.69, 9.17) is 10.8 Å². The first kappa shape index (κ1) is 15.2. The maximum atomic E-state index is 12.8. The Morgan fingerprint density at radius 3 is 2.00 bits per heavy atom. The Morgan fingerprint density at radius 2 is 1.81 bits per heavy atom. The second-order valence-corrected chi connectivity index (χ2v) is 4.36. The second-order valence-electron chi connectivity index (χ2n) is 4.36. The average Bonchev–Trinajstić information content (AvgIpc) is 1.99. The van der Waals surface area contributed by atoms with Gasteiger partial charge in [0.2, 0.25) is 0 Å². The first-order chi connectivity index (χ1) is 7.07. The topological polar surface area (TPSA) is 63.3 Å². The maximum Gasteiger partial charge on any atom is 0.394 e. The van der Waals surface area contributed by atoms with Crippen LogP contribution in [0.25, 0.3) is 0 Å². The quantitative estimate of drug-likeness (QED) is 0.776. The van der Waals surface area contributed by atoms with E-state index >= 15 is 0 Å². The van der Waals surface area contributed by atoms with Crippen LogP contribution in [-0.4, -0.2) is 22.8 Å². The van der Waals surface area contributed by atoms with Crippen molar-refractivity contribution >= 4 is 5.97 Å². The van der Waals surface area contributed by atoms with Crippen molar-refractivity contribution in [3.05, 3.63) is 0 Å². The lowest BCUT2D eigenvalue weighted by atomic mass is 9.74. The van der Waals surface area contributed by atoms with Gasteiger partial charge in [-0.3, -0.25) is 4.79 Å². The molecule has 2 unspecified atom stereocenters. The summed E-state index contributed by atoms with van der Waals surface area (Å²) in [7, 11) is 0. The minimum absolute atomic E-state index is 0.190. The van der Waals surface area contributed by atoms with Crippen LogP contribution in [0.3, 0.4) is 0 Å². The normalized spacial score (nSPS) is 18.2. The highest BCUT2D eigenvalue weighted by Crippen LogP contribution is 2.40. The van der Waals surface area contributed by atoms with Crippen molar-refractivity contribution in [1.82, 2.24) is 0 Å². The number of hydrogen-bond acceptors (Lipinski definition) is 2. The lowest BCUT2D eigenvalue weighted by molar-refractivity contribution is -0.212. The van der Waals surface area contributed by atoms with Crippen LogP contribution in [-0.2, 0) is 4.79 Å². The zero-order chi connectivity index (χ0) is 13.1. The molecule has 0 amide bonds. The van der Waals surface area contributed by atoms with Gasteiger partial charge >= 0.3 is 12.1 Å². The van der Waals surface area contributed by atoms with Crippen molar-refractivity contribution in [3.63, 3.8) is 0 Å². The Bertz CT molecular complexity index is 253. The molecule has 0 radical (unpaired) electrons. The Labute approximate surface area is 92.8 Å². The van der Waals surface area contributed by atoms with Crippen molar-refractivity contribution in [2.24, 2.45) is 17.6 Å². The van der Waals surface area contributed by atoms with Crippen molar-refractivity contribution in [1.29, 1.82) is 0 Å². The van der Waals surface area contributed by atoms with Gasteiger partial charge in [-0.25, -0.2) is 0 Å². The summed E-state index contributed by atoms with van der Waals surface area (Å²) in [5.74, 6) is -4.49. The minimum Gasteiger partial charge on any atom is -0.480 e. The number of aliphatic carboxylic acids is 1. The number of halogens is 3. The molecule has 0 rings (SSSR count).